The molecule has 2 fully saturated rings. The quantitative estimate of drug-likeness (QED) is 0.368. The molecular formula is C31H33N5O4S. The number of pyridine rings is 1. The van der Waals surface area contributed by atoms with Crippen LogP contribution in [0.2, 0.25) is 0 Å². The van der Waals surface area contributed by atoms with Gasteiger partial charge in [0.2, 0.25) is 16.9 Å². The average Bonchev–Trinajstić information content (AvgIpc) is 3.76. The van der Waals surface area contributed by atoms with Crippen LogP contribution in [-0.4, -0.2) is 50.3 Å². The zero-order valence-corrected chi connectivity index (χ0v) is 23.6. The van der Waals surface area contributed by atoms with Crippen LogP contribution in [-0.2, 0) is 14.4 Å². The van der Waals surface area contributed by atoms with Crippen LogP contribution in [0, 0.1) is 17.8 Å². The van der Waals surface area contributed by atoms with E-state index < -0.39 is 11.9 Å². The third-order valence-electron chi connectivity index (χ3n) is 8.59. The molecule has 0 radical (unpaired) electrons. The lowest BCUT2D eigenvalue weighted by atomic mass is 9.75. The first-order valence-electron chi connectivity index (χ1n) is 14.4. The van der Waals surface area contributed by atoms with Crippen molar-refractivity contribution in [3.05, 3.63) is 54.7 Å². The van der Waals surface area contributed by atoms with Crippen molar-refractivity contribution in [2.75, 3.05) is 22.9 Å². The topological polar surface area (TPSA) is 117 Å². The minimum atomic E-state index is -0.948. The Hall–Kier alpha value is -3.92. The lowest BCUT2D eigenvalue weighted by molar-refractivity contribution is -0.142. The van der Waals surface area contributed by atoms with E-state index in [1.807, 2.05) is 42.5 Å². The number of hydrogen-bond acceptors (Lipinski definition) is 7. The van der Waals surface area contributed by atoms with E-state index in [-0.39, 0.29) is 24.2 Å². The Morgan fingerprint density at radius 2 is 1.80 bits per heavy atom. The van der Waals surface area contributed by atoms with Crippen LogP contribution < -0.4 is 9.80 Å². The van der Waals surface area contributed by atoms with E-state index in [0.717, 1.165) is 66.7 Å². The molecule has 1 aliphatic carbocycles. The molecule has 3 aromatic rings. The Kier molecular flexibility index (Phi) is 7.91. The predicted molar refractivity (Wildman–Crippen MR) is 157 cm³/mol. The molecule has 6 rings (SSSR count). The molecule has 10 heteroatoms. The highest BCUT2D eigenvalue weighted by molar-refractivity contribution is 7.10. The maximum atomic E-state index is 13.9. The largest absolute Gasteiger partial charge is 0.481 e. The minimum absolute atomic E-state index is 0.0135. The van der Waals surface area contributed by atoms with Gasteiger partial charge >= 0.3 is 5.97 Å². The van der Waals surface area contributed by atoms with Crippen molar-refractivity contribution in [2.24, 2.45) is 17.8 Å². The summed E-state index contributed by atoms with van der Waals surface area (Å²) in [7, 11) is 0. The molecule has 0 spiro atoms. The van der Waals surface area contributed by atoms with Crippen LogP contribution in [0.4, 0.5) is 10.9 Å². The second kappa shape index (κ2) is 11.9. The molecule has 2 amide bonds. The molecule has 4 heterocycles. The van der Waals surface area contributed by atoms with E-state index in [0.29, 0.717) is 42.2 Å². The van der Waals surface area contributed by atoms with Gasteiger partial charge in [0.25, 0.3) is 0 Å². The van der Waals surface area contributed by atoms with Gasteiger partial charge in [0.05, 0.1) is 12.3 Å². The van der Waals surface area contributed by atoms with Gasteiger partial charge in [0.15, 0.2) is 5.82 Å². The Labute approximate surface area is 243 Å². The number of amides is 2. The second-order valence-electron chi connectivity index (χ2n) is 11.1. The summed E-state index contributed by atoms with van der Waals surface area (Å²) in [5.41, 5.74) is 2.58. The third-order valence-corrected chi connectivity index (χ3v) is 9.33. The van der Waals surface area contributed by atoms with Crippen molar-refractivity contribution in [1.29, 1.82) is 0 Å². The number of hydrogen-bond donors (Lipinski definition) is 1. The fourth-order valence-corrected chi connectivity index (χ4v) is 7.23. The summed E-state index contributed by atoms with van der Waals surface area (Å²) >= 11 is 1.15. The standard InChI is InChI=1S/C31H33N5O4S/c37-27-13-7-17-35(27)26-15-14-21(19-32-26)23-10-3-4-12-24(23)29-33-31(41-34-29)36-16-6-5-11-22(20-8-1-2-9-20)25(30(36)40)18-28(38)39/h3-6,10,12,14-15,19-20,22,25H,1-2,7-9,11,13,16-18H2,(H,38,39)/b6-5-/t22-,25+/m1/s1. The van der Waals surface area contributed by atoms with Gasteiger partial charge in [-0.25, -0.2) is 4.98 Å². The molecule has 2 aromatic heterocycles. The van der Waals surface area contributed by atoms with Crippen molar-refractivity contribution < 1.29 is 19.5 Å². The van der Waals surface area contributed by atoms with Gasteiger partial charge in [-0.1, -0.05) is 62.1 Å². The van der Waals surface area contributed by atoms with Gasteiger partial charge in [0, 0.05) is 48.4 Å². The highest BCUT2D eigenvalue weighted by Crippen LogP contribution is 2.41. The van der Waals surface area contributed by atoms with Crippen LogP contribution in [0.1, 0.15) is 51.4 Å². The molecule has 41 heavy (non-hydrogen) atoms. The number of aromatic nitrogens is 3. The summed E-state index contributed by atoms with van der Waals surface area (Å²) < 4.78 is 4.63. The van der Waals surface area contributed by atoms with Crippen molar-refractivity contribution in [1.82, 2.24) is 14.3 Å². The second-order valence-corrected chi connectivity index (χ2v) is 11.8. The van der Waals surface area contributed by atoms with Crippen LogP contribution >= 0.6 is 11.5 Å². The van der Waals surface area contributed by atoms with Gasteiger partial charge in [-0.2, -0.15) is 9.36 Å². The summed E-state index contributed by atoms with van der Waals surface area (Å²) in [6.45, 7) is 1.02. The summed E-state index contributed by atoms with van der Waals surface area (Å²) in [4.78, 5) is 50.6. The Morgan fingerprint density at radius 1 is 1.00 bits per heavy atom. The van der Waals surface area contributed by atoms with Gasteiger partial charge in [0.1, 0.15) is 5.82 Å². The monoisotopic (exact) mass is 571 g/mol. The Balaban J connectivity index is 1.28. The molecule has 0 bridgehead atoms. The number of nitrogens with zero attached hydrogens (tertiary/aromatic N) is 5. The highest BCUT2D eigenvalue weighted by atomic mass is 32.1. The van der Waals surface area contributed by atoms with Crippen molar-refractivity contribution in [2.45, 2.75) is 51.4 Å². The number of carbonyl (C=O) groups excluding carboxylic acids is 2. The Morgan fingerprint density at radius 3 is 2.51 bits per heavy atom. The fraction of sp³-hybridized carbons (Fsp3) is 0.419. The molecule has 212 valence electrons. The lowest BCUT2D eigenvalue weighted by Crippen LogP contribution is -2.43. The van der Waals surface area contributed by atoms with E-state index in [1.165, 1.54) is 0 Å². The van der Waals surface area contributed by atoms with E-state index in [4.69, 9.17) is 4.98 Å². The number of carboxylic acids is 1. The fourth-order valence-electron chi connectivity index (χ4n) is 6.54. The highest BCUT2D eigenvalue weighted by Gasteiger charge is 2.40. The van der Waals surface area contributed by atoms with Gasteiger partial charge in [-0.15, -0.1) is 0 Å². The first-order valence-corrected chi connectivity index (χ1v) is 15.1. The molecule has 2 atom stereocenters. The zero-order valence-electron chi connectivity index (χ0n) is 22.8. The molecule has 1 aromatic carbocycles. The molecule has 2 aliphatic heterocycles. The maximum Gasteiger partial charge on any atom is 0.304 e. The van der Waals surface area contributed by atoms with Crippen LogP contribution in [0.25, 0.3) is 22.5 Å². The van der Waals surface area contributed by atoms with E-state index in [1.54, 1.807) is 16.0 Å². The molecule has 1 saturated carbocycles. The van der Waals surface area contributed by atoms with Crippen LogP contribution in [0.3, 0.4) is 0 Å². The van der Waals surface area contributed by atoms with Crippen LogP contribution in [0.5, 0.6) is 0 Å². The van der Waals surface area contributed by atoms with Gasteiger partial charge in [-0.3, -0.25) is 24.2 Å². The van der Waals surface area contributed by atoms with Crippen molar-refractivity contribution in [3.63, 3.8) is 0 Å². The number of allylic oxidation sites excluding steroid dienone is 1. The molecular weight excluding hydrogens is 538 g/mol. The zero-order chi connectivity index (χ0) is 28.3. The normalized spacial score (nSPS) is 22.6. The number of carboxylic acid groups (broad SMARTS) is 1. The SMILES string of the molecule is O=C(O)C[C@@H]1C(=O)N(c2nc(-c3ccccc3-c3ccc(N4CCCC4=O)nc3)ns2)C/C=C\C[C@@H]1C1CCCC1. The minimum Gasteiger partial charge on any atom is -0.481 e. The summed E-state index contributed by atoms with van der Waals surface area (Å²) in [6.07, 6.45) is 12.2. The van der Waals surface area contributed by atoms with E-state index >= 15 is 0 Å². The number of benzene rings is 1. The number of carbonyl (C=O) groups is 3. The lowest BCUT2D eigenvalue weighted by Gasteiger charge is -2.34. The predicted octanol–water partition coefficient (Wildman–Crippen LogP) is 5.58. The first-order chi connectivity index (χ1) is 20.0. The molecule has 1 N–H and O–H groups in total. The van der Waals surface area contributed by atoms with Crippen molar-refractivity contribution >= 4 is 40.3 Å². The van der Waals surface area contributed by atoms with Crippen LogP contribution in [0.15, 0.2) is 54.7 Å². The summed E-state index contributed by atoms with van der Waals surface area (Å²) in [5, 5.41) is 10.2. The maximum absolute atomic E-state index is 13.9. The average molecular weight is 572 g/mol. The number of rotatable bonds is 7. The molecule has 3 aliphatic rings. The van der Waals surface area contributed by atoms with Gasteiger partial charge in [-0.05, 0) is 42.4 Å². The summed E-state index contributed by atoms with van der Waals surface area (Å²) in [5.74, 6) is -0.0882. The summed E-state index contributed by atoms with van der Waals surface area (Å²) in [6, 6.07) is 11.6. The molecule has 1 saturated heterocycles. The van der Waals surface area contributed by atoms with E-state index in [2.05, 4.69) is 15.4 Å². The number of anilines is 2. The third kappa shape index (κ3) is 5.66. The smallest absolute Gasteiger partial charge is 0.304 e. The molecule has 0 unspecified atom stereocenters. The first kappa shape index (κ1) is 27.3. The van der Waals surface area contributed by atoms with E-state index in [9.17, 15) is 19.5 Å². The van der Waals surface area contributed by atoms with Crippen molar-refractivity contribution in [3.8, 4) is 22.5 Å². The number of aliphatic carboxylic acids is 1. The molecule has 9 nitrogen and oxygen atoms in total. The van der Waals surface area contributed by atoms with Gasteiger partial charge < -0.3 is 5.11 Å². The Bertz CT molecular complexity index is 1460.